The van der Waals surface area contributed by atoms with E-state index in [1.165, 1.54) is 12.1 Å². The summed E-state index contributed by atoms with van der Waals surface area (Å²) in [6.07, 6.45) is 2.63. The molecule has 0 saturated heterocycles. The molecule has 1 N–H and O–H groups in total. The van der Waals surface area contributed by atoms with Crippen molar-refractivity contribution in [1.82, 2.24) is 0 Å². The van der Waals surface area contributed by atoms with Gasteiger partial charge in [-0.3, -0.25) is 4.79 Å². The van der Waals surface area contributed by atoms with Crippen LogP contribution in [-0.4, -0.2) is 10.9 Å². The summed E-state index contributed by atoms with van der Waals surface area (Å²) in [6, 6.07) is 2.76. The van der Waals surface area contributed by atoms with Crippen LogP contribution in [0.2, 0.25) is 0 Å². The normalized spacial score (nSPS) is 16.2. The monoisotopic (exact) mass is 194 g/mol. The predicted octanol–water partition coefficient (Wildman–Crippen LogP) is 2.44. The van der Waals surface area contributed by atoms with Gasteiger partial charge in [0.05, 0.1) is 0 Å². The Bertz CT molecular complexity index is 385. The van der Waals surface area contributed by atoms with Gasteiger partial charge >= 0.3 is 0 Å². The quantitative estimate of drug-likeness (QED) is 0.644. The van der Waals surface area contributed by atoms with E-state index in [0.717, 1.165) is 12.8 Å². The maximum Gasteiger partial charge on any atom is 0.168 e. The summed E-state index contributed by atoms with van der Waals surface area (Å²) >= 11 is 0. The molecule has 0 unspecified atom stereocenters. The highest BCUT2D eigenvalue weighted by atomic mass is 19.1. The van der Waals surface area contributed by atoms with Crippen molar-refractivity contribution in [2.24, 2.45) is 0 Å². The van der Waals surface area contributed by atoms with E-state index >= 15 is 0 Å². The molecule has 0 bridgehead atoms. The highest BCUT2D eigenvalue weighted by Gasteiger charge is 2.20. The molecule has 0 radical (unpaired) electrons. The molecular weight excluding hydrogens is 183 g/mol. The molecule has 1 aromatic carbocycles. The van der Waals surface area contributed by atoms with Gasteiger partial charge in [-0.1, -0.05) is 0 Å². The van der Waals surface area contributed by atoms with Gasteiger partial charge in [0, 0.05) is 17.5 Å². The fourth-order valence-electron chi connectivity index (χ4n) is 1.84. The second-order valence-corrected chi connectivity index (χ2v) is 3.56. The molecule has 0 aliphatic heterocycles. The largest absolute Gasteiger partial charge is 0.505 e. The van der Waals surface area contributed by atoms with Crippen molar-refractivity contribution in [2.45, 2.75) is 25.7 Å². The zero-order valence-corrected chi connectivity index (χ0v) is 7.72. The Morgan fingerprint density at radius 3 is 2.71 bits per heavy atom. The lowest BCUT2D eigenvalue weighted by Gasteiger charge is -2.06. The van der Waals surface area contributed by atoms with Gasteiger partial charge in [-0.2, -0.15) is 0 Å². The van der Waals surface area contributed by atoms with E-state index < -0.39 is 5.82 Å². The Balaban J connectivity index is 2.58. The SMILES string of the molecule is O=C1CCCCc2c1ccc(O)c2F. The number of hydrogen-bond acceptors (Lipinski definition) is 2. The van der Waals surface area contributed by atoms with Crippen LogP contribution in [0.3, 0.4) is 0 Å². The van der Waals surface area contributed by atoms with E-state index in [1.54, 1.807) is 0 Å². The molecule has 1 aliphatic rings. The number of rotatable bonds is 0. The third-order valence-electron chi connectivity index (χ3n) is 2.60. The number of carbonyl (C=O) groups excluding carboxylic acids is 1. The summed E-state index contributed by atoms with van der Waals surface area (Å²) in [4.78, 5) is 11.5. The van der Waals surface area contributed by atoms with Gasteiger partial charge < -0.3 is 5.11 Å². The molecule has 74 valence electrons. The molecule has 3 heteroatoms. The minimum atomic E-state index is -0.627. The van der Waals surface area contributed by atoms with Crippen LogP contribution in [0.5, 0.6) is 5.75 Å². The first-order chi connectivity index (χ1) is 6.70. The van der Waals surface area contributed by atoms with Crippen LogP contribution in [0.25, 0.3) is 0 Å². The summed E-state index contributed by atoms with van der Waals surface area (Å²) in [5.74, 6) is -1.01. The highest BCUT2D eigenvalue weighted by molar-refractivity contribution is 5.98. The number of fused-ring (bicyclic) bond motifs is 1. The Hall–Kier alpha value is -1.38. The molecule has 0 atom stereocenters. The first-order valence-electron chi connectivity index (χ1n) is 4.73. The fraction of sp³-hybridized carbons (Fsp3) is 0.364. The lowest BCUT2D eigenvalue weighted by Crippen LogP contribution is -2.02. The molecule has 0 fully saturated rings. The molecule has 0 aromatic heterocycles. The number of Topliss-reactive ketones (excluding diaryl/α,β-unsaturated/α-hetero) is 1. The van der Waals surface area contributed by atoms with E-state index in [0.29, 0.717) is 24.0 Å². The Kier molecular flexibility index (Phi) is 2.23. The van der Waals surface area contributed by atoms with Gasteiger partial charge in [-0.15, -0.1) is 0 Å². The molecule has 1 aromatic rings. The number of aromatic hydroxyl groups is 1. The van der Waals surface area contributed by atoms with Gasteiger partial charge in [0.15, 0.2) is 17.3 Å². The van der Waals surface area contributed by atoms with E-state index in [1.807, 2.05) is 0 Å². The van der Waals surface area contributed by atoms with Crippen LogP contribution in [0.4, 0.5) is 4.39 Å². The molecule has 0 saturated carbocycles. The molecule has 0 amide bonds. The topological polar surface area (TPSA) is 37.3 Å². The first-order valence-corrected chi connectivity index (χ1v) is 4.73. The average molecular weight is 194 g/mol. The Morgan fingerprint density at radius 2 is 1.93 bits per heavy atom. The number of carbonyl (C=O) groups is 1. The second-order valence-electron chi connectivity index (χ2n) is 3.56. The van der Waals surface area contributed by atoms with Gasteiger partial charge in [-0.05, 0) is 31.4 Å². The minimum Gasteiger partial charge on any atom is -0.505 e. The highest BCUT2D eigenvalue weighted by Crippen LogP contribution is 2.28. The number of phenols is 1. The smallest absolute Gasteiger partial charge is 0.168 e. The number of halogens is 1. The third-order valence-corrected chi connectivity index (χ3v) is 2.60. The van der Waals surface area contributed by atoms with Crippen LogP contribution in [-0.2, 0) is 6.42 Å². The van der Waals surface area contributed by atoms with Crippen molar-refractivity contribution in [3.63, 3.8) is 0 Å². The standard InChI is InChI=1S/C11H11FO2/c12-11-8-3-1-2-4-9(13)7(8)5-6-10(11)14/h5-6,14H,1-4H2. The summed E-state index contributed by atoms with van der Waals surface area (Å²) in [5, 5.41) is 9.17. The van der Waals surface area contributed by atoms with Crippen LogP contribution < -0.4 is 0 Å². The minimum absolute atomic E-state index is 0.0172. The van der Waals surface area contributed by atoms with Crippen molar-refractivity contribution >= 4 is 5.78 Å². The van der Waals surface area contributed by atoms with Crippen LogP contribution in [0.1, 0.15) is 35.2 Å². The predicted molar refractivity (Wildman–Crippen MR) is 50.0 cm³/mol. The van der Waals surface area contributed by atoms with E-state index in [4.69, 9.17) is 5.11 Å². The van der Waals surface area contributed by atoms with E-state index in [9.17, 15) is 9.18 Å². The lowest BCUT2D eigenvalue weighted by atomic mass is 10.0. The molecule has 0 heterocycles. The van der Waals surface area contributed by atoms with Crippen molar-refractivity contribution in [2.75, 3.05) is 0 Å². The van der Waals surface area contributed by atoms with Crippen molar-refractivity contribution in [1.29, 1.82) is 0 Å². The van der Waals surface area contributed by atoms with Gasteiger partial charge in [0.1, 0.15) is 0 Å². The zero-order chi connectivity index (χ0) is 10.1. The number of phenolic OH excluding ortho intramolecular Hbond substituents is 1. The summed E-state index contributed by atoms with van der Waals surface area (Å²) in [7, 11) is 0. The summed E-state index contributed by atoms with van der Waals surface area (Å²) in [5.41, 5.74) is 0.824. The Labute approximate surface area is 81.4 Å². The molecule has 14 heavy (non-hydrogen) atoms. The lowest BCUT2D eigenvalue weighted by molar-refractivity contribution is 0.0981. The average Bonchev–Trinajstić information content (AvgIpc) is 2.35. The van der Waals surface area contributed by atoms with Gasteiger partial charge in [0.2, 0.25) is 0 Å². The molecule has 0 spiro atoms. The Morgan fingerprint density at radius 1 is 1.21 bits per heavy atom. The number of ketones is 1. The fourth-order valence-corrected chi connectivity index (χ4v) is 1.84. The molecule has 1 aliphatic carbocycles. The van der Waals surface area contributed by atoms with E-state index in [-0.39, 0.29) is 11.5 Å². The van der Waals surface area contributed by atoms with Crippen LogP contribution in [0.15, 0.2) is 12.1 Å². The van der Waals surface area contributed by atoms with Crippen molar-refractivity contribution in [3.8, 4) is 5.75 Å². The maximum absolute atomic E-state index is 13.4. The second kappa shape index (κ2) is 3.40. The van der Waals surface area contributed by atoms with Crippen molar-refractivity contribution in [3.05, 3.63) is 29.1 Å². The molecular formula is C11H11FO2. The summed E-state index contributed by atoms with van der Waals surface area (Å²) < 4.78 is 13.4. The third kappa shape index (κ3) is 1.39. The molecule has 2 nitrogen and oxygen atoms in total. The van der Waals surface area contributed by atoms with Gasteiger partial charge in [-0.25, -0.2) is 4.39 Å². The number of hydrogen-bond donors (Lipinski definition) is 1. The van der Waals surface area contributed by atoms with Gasteiger partial charge in [0.25, 0.3) is 0 Å². The van der Waals surface area contributed by atoms with Crippen LogP contribution in [0, 0.1) is 5.82 Å². The molecule has 2 rings (SSSR count). The zero-order valence-electron chi connectivity index (χ0n) is 7.72. The first kappa shape index (κ1) is 9.19. The van der Waals surface area contributed by atoms with Crippen LogP contribution >= 0.6 is 0 Å². The van der Waals surface area contributed by atoms with Crippen molar-refractivity contribution < 1.29 is 14.3 Å². The maximum atomic E-state index is 13.4. The van der Waals surface area contributed by atoms with E-state index in [2.05, 4.69) is 0 Å². The number of benzene rings is 1. The summed E-state index contributed by atoms with van der Waals surface area (Å²) in [6.45, 7) is 0.